The van der Waals surface area contributed by atoms with Crippen LogP contribution in [0.2, 0.25) is 0 Å². The van der Waals surface area contributed by atoms with Crippen LogP contribution in [0.3, 0.4) is 0 Å². The molecule has 22 heavy (non-hydrogen) atoms. The van der Waals surface area contributed by atoms with Crippen LogP contribution in [0.15, 0.2) is 27.8 Å². The van der Waals surface area contributed by atoms with Crippen molar-refractivity contribution in [1.82, 2.24) is 4.98 Å². The van der Waals surface area contributed by atoms with Crippen LogP contribution in [-0.4, -0.2) is 4.98 Å². The van der Waals surface area contributed by atoms with E-state index in [1.54, 1.807) is 0 Å². The van der Waals surface area contributed by atoms with Crippen LogP contribution in [0.4, 0.5) is 0 Å². The van der Waals surface area contributed by atoms with Crippen molar-refractivity contribution in [1.29, 1.82) is 0 Å². The second-order valence-electron chi connectivity index (χ2n) is 6.65. The number of H-pyrrole nitrogens is 1. The lowest BCUT2D eigenvalue weighted by molar-refractivity contribution is 0.818. The van der Waals surface area contributed by atoms with Gasteiger partial charge in [0.25, 0.3) is 0 Å². The summed E-state index contributed by atoms with van der Waals surface area (Å²) < 4.78 is 1.28. The number of nitrogens with one attached hydrogen (secondary N) is 1. The van der Waals surface area contributed by atoms with Gasteiger partial charge in [-0.25, -0.2) is 0 Å². The first-order valence-corrected chi connectivity index (χ1v) is 9.05. The summed E-state index contributed by atoms with van der Waals surface area (Å²) in [7, 11) is 0. The Kier molecular flexibility index (Phi) is 5.54. The molecule has 0 bridgehead atoms. The Hall–Kier alpha value is -1.03. The summed E-state index contributed by atoms with van der Waals surface area (Å²) in [5.74, 6) is 1.09. The molecule has 0 aliphatic rings. The molecule has 0 amide bonds. The summed E-state index contributed by atoms with van der Waals surface area (Å²) in [4.78, 5) is 3.53. The van der Waals surface area contributed by atoms with Crippen molar-refractivity contribution in [2.45, 2.75) is 53.4 Å². The van der Waals surface area contributed by atoms with E-state index in [1.807, 2.05) is 0 Å². The second-order valence-corrected chi connectivity index (χ2v) is 8.35. The van der Waals surface area contributed by atoms with Gasteiger partial charge in [-0.2, -0.15) is 0 Å². The van der Waals surface area contributed by atoms with Gasteiger partial charge in [0.2, 0.25) is 0 Å². The van der Waals surface area contributed by atoms with Crippen molar-refractivity contribution < 1.29 is 0 Å². The van der Waals surface area contributed by atoms with E-state index in [1.165, 1.54) is 37.2 Å². The first kappa shape index (κ1) is 17.3. The standard InChI is InChI=1S/C20H26IN/c1-12(2)18-10-16(11-19(13(3)4)15(18)6)20-8-7-17(22-20)9-14(5)21/h7-13,22H,1-6H3/b14-9+. The molecule has 0 spiro atoms. The molecule has 1 heterocycles. The highest BCUT2D eigenvalue weighted by Crippen LogP contribution is 2.32. The topological polar surface area (TPSA) is 15.8 Å². The number of aromatic nitrogens is 1. The van der Waals surface area contributed by atoms with Gasteiger partial charge in [0, 0.05) is 11.4 Å². The van der Waals surface area contributed by atoms with Gasteiger partial charge in [-0.1, -0.05) is 27.7 Å². The lowest BCUT2D eigenvalue weighted by atomic mass is 9.87. The van der Waals surface area contributed by atoms with Gasteiger partial charge in [-0.3, -0.25) is 0 Å². The largest absolute Gasteiger partial charge is 0.355 e. The molecule has 2 rings (SSSR count). The quantitative estimate of drug-likeness (QED) is 0.524. The van der Waals surface area contributed by atoms with Crippen molar-refractivity contribution in [2.24, 2.45) is 0 Å². The summed E-state index contributed by atoms with van der Waals surface area (Å²) >= 11 is 2.34. The van der Waals surface area contributed by atoms with Crippen molar-refractivity contribution in [3.05, 3.63) is 50.2 Å². The highest BCUT2D eigenvalue weighted by Gasteiger charge is 2.14. The minimum atomic E-state index is 0.545. The first-order valence-electron chi connectivity index (χ1n) is 7.97. The highest BCUT2D eigenvalue weighted by molar-refractivity contribution is 14.1. The third-order valence-corrected chi connectivity index (χ3v) is 4.42. The predicted octanol–water partition coefficient (Wildman–Crippen LogP) is 7.03. The van der Waals surface area contributed by atoms with Crippen LogP contribution in [0.25, 0.3) is 17.3 Å². The third-order valence-electron chi connectivity index (χ3n) is 4.11. The van der Waals surface area contributed by atoms with Crippen LogP contribution in [0.5, 0.6) is 0 Å². The molecular formula is C20H26IN. The number of rotatable bonds is 4. The lowest BCUT2D eigenvalue weighted by Gasteiger charge is -2.19. The van der Waals surface area contributed by atoms with Gasteiger partial charge in [0.1, 0.15) is 0 Å². The Morgan fingerprint density at radius 2 is 1.59 bits per heavy atom. The fraction of sp³-hybridized carbons (Fsp3) is 0.400. The van der Waals surface area contributed by atoms with Crippen LogP contribution < -0.4 is 0 Å². The van der Waals surface area contributed by atoms with Crippen molar-refractivity contribution in [3.8, 4) is 11.3 Å². The smallest absolute Gasteiger partial charge is 0.0458 e. The van der Waals surface area contributed by atoms with E-state index in [0.717, 1.165) is 0 Å². The Balaban J connectivity index is 2.55. The van der Waals surface area contributed by atoms with Gasteiger partial charge < -0.3 is 4.98 Å². The van der Waals surface area contributed by atoms with Crippen LogP contribution in [0.1, 0.15) is 68.8 Å². The fourth-order valence-corrected chi connectivity index (χ4v) is 3.33. The SMILES string of the molecule is C/C(I)=C\c1ccc(-c2cc(C(C)C)c(C)c(C(C)C)c2)[nH]1. The zero-order valence-electron chi connectivity index (χ0n) is 14.4. The molecule has 118 valence electrons. The molecule has 0 aliphatic heterocycles. The number of allylic oxidation sites excluding steroid dienone is 1. The van der Waals surface area contributed by atoms with Crippen molar-refractivity contribution >= 4 is 28.7 Å². The Labute approximate surface area is 148 Å². The molecule has 0 unspecified atom stereocenters. The third kappa shape index (κ3) is 3.83. The molecule has 1 N–H and O–H groups in total. The first-order chi connectivity index (χ1) is 10.3. The Bertz CT molecular complexity index is 656. The van der Waals surface area contributed by atoms with Gasteiger partial charge in [-0.15, -0.1) is 0 Å². The predicted molar refractivity (Wildman–Crippen MR) is 107 cm³/mol. The monoisotopic (exact) mass is 407 g/mol. The van der Waals surface area contributed by atoms with Gasteiger partial charge >= 0.3 is 0 Å². The molecule has 2 aromatic rings. The van der Waals surface area contributed by atoms with E-state index in [9.17, 15) is 0 Å². The number of hydrogen-bond acceptors (Lipinski definition) is 0. The van der Waals surface area contributed by atoms with E-state index < -0.39 is 0 Å². The van der Waals surface area contributed by atoms with Gasteiger partial charge in [0.05, 0.1) is 0 Å². The molecule has 2 heteroatoms. The van der Waals surface area contributed by atoms with E-state index in [-0.39, 0.29) is 0 Å². The average molecular weight is 407 g/mol. The van der Waals surface area contributed by atoms with E-state index in [4.69, 9.17) is 0 Å². The normalized spacial score (nSPS) is 12.5. The highest BCUT2D eigenvalue weighted by atomic mass is 127. The Morgan fingerprint density at radius 1 is 1.05 bits per heavy atom. The number of benzene rings is 1. The lowest BCUT2D eigenvalue weighted by Crippen LogP contribution is -2.00. The maximum absolute atomic E-state index is 3.53. The van der Waals surface area contributed by atoms with Gasteiger partial charge in [0.15, 0.2) is 0 Å². The summed E-state index contributed by atoms with van der Waals surface area (Å²) in [5, 5.41) is 0. The zero-order chi connectivity index (χ0) is 16.4. The second kappa shape index (κ2) is 7.03. The number of halogens is 1. The molecule has 1 nitrogen and oxygen atoms in total. The molecule has 0 saturated carbocycles. The zero-order valence-corrected chi connectivity index (χ0v) is 16.6. The molecular weight excluding hydrogens is 381 g/mol. The molecule has 0 fully saturated rings. The van der Waals surface area contributed by atoms with E-state index >= 15 is 0 Å². The summed E-state index contributed by atoms with van der Waals surface area (Å²) in [6, 6.07) is 9.04. The van der Waals surface area contributed by atoms with Crippen molar-refractivity contribution in [3.63, 3.8) is 0 Å². The Morgan fingerprint density at radius 3 is 2.05 bits per heavy atom. The minimum Gasteiger partial charge on any atom is -0.355 e. The van der Waals surface area contributed by atoms with Crippen LogP contribution >= 0.6 is 22.6 Å². The maximum atomic E-state index is 3.53. The van der Waals surface area contributed by atoms with E-state index in [2.05, 4.69) is 99.5 Å². The fourth-order valence-electron chi connectivity index (χ4n) is 2.99. The molecule has 1 aromatic heterocycles. The van der Waals surface area contributed by atoms with Crippen LogP contribution in [0, 0.1) is 6.92 Å². The summed E-state index contributed by atoms with van der Waals surface area (Å²) in [6.45, 7) is 13.5. The maximum Gasteiger partial charge on any atom is 0.0458 e. The number of aromatic amines is 1. The minimum absolute atomic E-state index is 0.545. The molecule has 1 aromatic carbocycles. The van der Waals surface area contributed by atoms with E-state index in [0.29, 0.717) is 11.8 Å². The molecule has 0 aliphatic carbocycles. The summed E-state index contributed by atoms with van der Waals surface area (Å²) in [5.41, 5.74) is 8.02. The van der Waals surface area contributed by atoms with Crippen molar-refractivity contribution in [2.75, 3.05) is 0 Å². The molecule has 0 saturated heterocycles. The average Bonchev–Trinajstić information content (AvgIpc) is 2.85. The molecule has 0 atom stereocenters. The molecule has 0 radical (unpaired) electrons. The van der Waals surface area contributed by atoms with Gasteiger partial charge in [-0.05, 0) is 104 Å². The number of hydrogen-bond donors (Lipinski definition) is 1. The van der Waals surface area contributed by atoms with Crippen LogP contribution in [-0.2, 0) is 0 Å². The summed E-state index contributed by atoms with van der Waals surface area (Å²) in [6.07, 6.45) is 2.17.